The van der Waals surface area contributed by atoms with E-state index in [-0.39, 0.29) is 0 Å². The summed E-state index contributed by atoms with van der Waals surface area (Å²) in [5, 5.41) is 0. The van der Waals surface area contributed by atoms with Crippen LogP contribution < -0.4 is 0 Å². The normalized spacial score (nSPS) is 26.7. The number of hydrogen-bond acceptors (Lipinski definition) is 2. The summed E-state index contributed by atoms with van der Waals surface area (Å²) in [5.41, 5.74) is 2.84. The first-order chi connectivity index (χ1) is 6.95. The molecule has 1 aromatic rings. The van der Waals surface area contributed by atoms with Gasteiger partial charge in [0, 0.05) is 30.9 Å². The summed E-state index contributed by atoms with van der Waals surface area (Å²) in [6.45, 7) is 2.51. The average Bonchev–Trinajstić information content (AvgIpc) is 2.29. The Bertz CT molecular complexity index is 335. The summed E-state index contributed by atoms with van der Waals surface area (Å²) < 4.78 is 0. The number of hydrogen-bond donors (Lipinski definition) is 0. The Labute approximate surface area is 85.0 Å². The highest BCUT2D eigenvalue weighted by Crippen LogP contribution is 2.35. The topological polar surface area (TPSA) is 16.1 Å². The van der Waals surface area contributed by atoms with E-state index in [0.29, 0.717) is 6.04 Å². The molecule has 1 fully saturated rings. The maximum absolute atomic E-state index is 4.48. The van der Waals surface area contributed by atoms with Crippen molar-refractivity contribution in [2.75, 3.05) is 13.1 Å². The maximum atomic E-state index is 4.48. The van der Waals surface area contributed by atoms with Crippen molar-refractivity contribution in [2.45, 2.75) is 31.7 Å². The summed E-state index contributed by atoms with van der Waals surface area (Å²) >= 11 is 0. The van der Waals surface area contributed by atoms with Crippen molar-refractivity contribution in [2.24, 2.45) is 0 Å². The molecular formula is C12H16N2. The van der Waals surface area contributed by atoms with Crippen molar-refractivity contribution in [1.29, 1.82) is 0 Å². The summed E-state index contributed by atoms with van der Waals surface area (Å²) in [7, 11) is 0. The van der Waals surface area contributed by atoms with Gasteiger partial charge < -0.3 is 0 Å². The van der Waals surface area contributed by atoms with E-state index in [9.17, 15) is 0 Å². The molecular weight excluding hydrogens is 172 g/mol. The Balaban J connectivity index is 1.99. The number of pyridine rings is 1. The van der Waals surface area contributed by atoms with Gasteiger partial charge in [-0.15, -0.1) is 0 Å². The molecule has 0 radical (unpaired) electrons. The fourth-order valence-corrected chi connectivity index (χ4v) is 2.82. The van der Waals surface area contributed by atoms with Gasteiger partial charge in [0.25, 0.3) is 0 Å². The van der Waals surface area contributed by atoms with Crippen LogP contribution in [0.5, 0.6) is 0 Å². The zero-order valence-electron chi connectivity index (χ0n) is 8.45. The molecule has 14 heavy (non-hydrogen) atoms. The van der Waals surface area contributed by atoms with Gasteiger partial charge in [0.2, 0.25) is 0 Å². The second kappa shape index (κ2) is 3.35. The molecule has 2 heteroatoms. The monoisotopic (exact) mass is 188 g/mol. The standard InChI is InChI=1S/C12H16N2/c1-2-8-14-9-6-11-10(12(14)5-1)4-3-7-13-11/h3-4,7,12H,1-2,5-6,8-9H2/t12-/m1/s1. The summed E-state index contributed by atoms with van der Waals surface area (Å²) in [5.74, 6) is 0. The van der Waals surface area contributed by atoms with E-state index in [2.05, 4.69) is 22.0 Å². The molecule has 0 aromatic carbocycles. The van der Waals surface area contributed by atoms with Crippen molar-refractivity contribution >= 4 is 0 Å². The first-order valence-electron chi connectivity index (χ1n) is 5.63. The van der Waals surface area contributed by atoms with E-state index < -0.39 is 0 Å². The number of aromatic nitrogens is 1. The molecule has 1 aromatic heterocycles. The molecule has 0 spiro atoms. The Kier molecular flexibility index (Phi) is 2.02. The lowest BCUT2D eigenvalue weighted by atomic mass is 9.90. The van der Waals surface area contributed by atoms with Gasteiger partial charge in [-0.3, -0.25) is 9.88 Å². The highest BCUT2D eigenvalue weighted by molar-refractivity contribution is 5.26. The molecule has 2 aliphatic heterocycles. The molecule has 1 atom stereocenters. The summed E-state index contributed by atoms with van der Waals surface area (Å²) in [4.78, 5) is 7.12. The van der Waals surface area contributed by atoms with Crippen molar-refractivity contribution in [3.05, 3.63) is 29.6 Å². The number of piperidine rings is 1. The molecule has 3 heterocycles. The molecule has 0 amide bonds. The highest BCUT2D eigenvalue weighted by atomic mass is 15.2. The number of rotatable bonds is 0. The molecule has 74 valence electrons. The molecule has 1 saturated heterocycles. The van der Waals surface area contributed by atoms with E-state index in [1.807, 2.05) is 6.20 Å². The quantitative estimate of drug-likeness (QED) is 0.620. The van der Waals surface area contributed by atoms with E-state index in [1.54, 1.807) is 0 Å². The number of nitrogens with zero attached hydrogens (tertiary/aromatic N) is 2. The van der Waals surface area contributed by atoms with E-state index in [0.717, 1.165) is 6.42 Å². The van der Waals surface area contributed by atoms with Crippen LogP contribution in [-0.4, -0.2) is 23.0 Å². The van der Waals surface area contributed by atoms with Gasteiger partial charge in [0.15, 0.2) is 0 Å². The largest absolute Gasteiger partial charge is 0.296 e. The van der Waals surface area contributed by atoms with Crippen molar-refractivity contribution in [1.82, 2.24) is 9.88 Å². The van der Waals surface area contributed by atoms with E-state index in [4.69, 9.17) is 0 Å². The van der Waals surface area contributed by atoms with Gasteiger partial charge in [0.1, 0.15) is 0 Å². The molecule has 2 aliphatic rings. The van der Waals surface area contributed by atoms with Crippen molar-refractivity contribution in [3.63, 3.8) is 0 Å². The van der Waals surface area contributed by atoms with Gasteiger partial charge in [-0.25, -0.2) is 0 Å². The minimum Gasteiger partial charge on any atom is -0.296 e. The molecule has 3 rings (SSSR count). The summed E-state index contributed by atoms with van der Waals surface area (Å²) in [6, 6.07) is 5.03. The second-order valence-corrected chi connectivity index (χ2v) is 4.34. The minimum absolute atomic E-state index is 0.682. The first-order valence-corrected chi connectivity index (χ1v) is 5.63. The van der Waals surface area contributed by atoms with Crippen LogP contribution in [0.25, 0.3) is 0 Å². The van der Waals surface area contributed by atoms with Gasteiger partial charge >= 0.3 is 0 Å². The average molecular weight is 188 g/mol. The lowest BCUT2D eigenvalue weighted by Crippen LogP contribution is -2.39. The molecule has 0 unspecified atom stereocenters. The van der Waals surface area contributed by atoms with E-state index >= 15 is 0 Å². The fraction of sp³-hybridized carbons (Fsp3) is 0.583. The lowest BCUT2D eigenvalue weighted by molar-refractivity contribution is 0.137. The SMILES string of the molecule is c1cnc2c(c1)[C@H]1CCCCN1CC2. The smallest absolute Gasteiger partial charge is 0.0464 e. The van der Waals surface area contributed by atoms with Crippen LogP contribution in [0.15, 0.2) is 18.3 Å². The Hall–Kier alpha value is -0.890. The van der Waals surface area contributed by atoms with Crippen LogP contribution in [0, 0.1) is 0 Å². The Morgan fingerprint density at radius 1 is 1.29 bits per heavy atom. The van der Waals surface area contributed by atoms with E-state index in [1.165, 1.54) is 43.6 Å². The third kappa shape index (κ3) is 1.25. The fourth-order valence-electron chi connectivity index (χ4n) is 2.82. The minimum atomic E-state index is 0.682. The Morgan fingerprint density at radius 3 is 3.29 bits per heavy atom. The van der Waals surface area contributed by atoms with Gasteiger partial charge in [0.05, 0.1) is 0 Å². The summed E-state index contributed by atoms with van der Waals surface area (Å²) in [6.07, 6.45) is 7.17. The molecule has 0 saturated carbocycles. The predicted octanol–water partition coefficient (Wildman–Crippen LogP) is 2.16. The zero-order valence-corrected chi connectivity index (χ0v) is 8.45. The first kappa shape index (κ1) is 8.42. The van der Waals surface area contributed by atoms with Crippen molar-refractivity contribution in [3.8, 4) is 0 Å². The number of fused-ring (bicyclic) bond motifs is 3. The molecule has 0 aliphatic carbocycles. The third-order valence-corrected chi connectivity index (χ3v) is 3.53. The van der Waals surface area contributed by atoms with Crippen molar-refractivity contribution < 1.29 is 0 Å². The maximum Gasteiger partial charge on any atom is 0.0464 e. The highest BCUT2D eigenvalue weighted by Gasteiger charge is 2.29. The Morgan fingerprint density at radius 2 is 2.29 bits per heavy atom. The van der Waals surface area contributed by atoms with Crippen LogP contribution >= 0.6 is 0 Å². The van der Waals surface area contributed by atoms with Gasteiger partial charge in [-0.2, -0.15) is 0 Å². The molecule has 2 nitrogen and oxygen atoms in total. The van der Waals surface area contributed by atoms with Crippen LogP contribution in [0.2, 0.25) is 0 Å². The molecule has 0 N–H and O–H groups in total. The second-order valence-electron chi connectivity index (χ2n) is 4.34. The molecule has 0 bridgehead atoms. The zero-order chi connectivity index (χ0) is 9.38. The lowest BCUT2D eigenvalue weighted by Gasteiger charge is -2.39. The predicted molar refractivity (Wildman–Crippen MR) is 56.1 cm³/mol. The van der Waals surface area contributed by atoms with Crippen LogP contribution in [-0.2, 0) is 6.42 Å². The van der Waals surface area contributed by atoms with Crippen LogP contribution in [0.4, 0.5) is 0 Å². The van der Waals surface area contributed by atoms with Gasteiger partial charge in [-0.1, -0.05) is 12.5 Å². The third-order valence-electron chi connectivity index (χ3n) is 3.53. The van der Waals surface area contributed by atoms with Gasteiger partial charge in [-0.05, 0) is 31.0 Å². The van der Waals surface area contributed by atoms with Crippen LogP contribution in [0.1, 0.15) is 36.6 Å². The van der Waals surface area contributed by atoms with Crippen LogP contribution in [0.3, 0.4) is 0 Å².